The summed E-state index contributed by atoms with van der Waals surface area (Å²) in [5, 5.41) is 16.0. The Kier molecular flexibility index (Phi) is 5.92. The van der Waals surface area contributed by atoms with Gasteiger partial charge in [0.1, 0.15) is 5.82 Å². The van der Waals surface area contributed by atoms with E-state index in [0.717, 1.165) is 58.2 Å². The highest BCUT2D eigenvalue weighted by molar-refractivity contribution is 7.18. The second kappa shape index (κ2) is 8.75. The number of piperidine rings is 1. The number of aliphatic hydroxyl groups excluding tert-OH is 1. The first-order valence-electron chi connectivity index (χ1n) is 9.83. The molecule has 7 nitrogen and oxygen atoms in total. The summed E-state index contributed by atoms with van der Waals surface area (Å²) in [7, 11) is 0. The Labute approximate surface area is 173 Å². The Bertz CT molecular complexity index is 980. The van der Waals surface area contributed by atoms with Crippen LogP contribution < -0.4 is 15.5 Å². The van der Waals surface area contributed by atoms with E-state index in [4.69, 9.17) is 0 Å². The fourth-order valence-electron chi connectivity index (χ4n) is 3.53. The molecule has 0 radical (unpaired) electrons. The van der Waals surface area contributed by atoms with Gasteiger partial charge in [-0.25, -0.2) is 14.8 Å². The lowest BCUT2D eigenvalue weighted by Gasteiger charge is -2.32. The average molecular weight is 412 g/mol. The van der Waals surface area contributed by atoms with E-state index < -0.39 is 0 Å². The van der Waals surface area contributed by atoms with Gasteiger partial charge in [0.2, 0.25) is 0 Å². The van der Waals surface area contributed by atoms with Gasteiger partial charge in [0.25, 0.3) is 0 Å². The second-order valence-corrected chi connectivity index (χ2v) is 8.60. The van der Waals surface area contributed by atoms with Gasteiger partial charge < -0.3 is 20.6 Å². The number of aryl methyl sites for hydroxylation is 1. The maximum absolute atomic E-state index is 12.2. The Morgan fingerprint density at radius 1 is 1.28 bits per heavy atom. The van der Waals surface area contributed by atoms with Gasteiger partial charge >= 0.3 is 6.03 Å². The summed E-state index contributed by atoms with van der Waals surface area (Å²) in [6, 6.07) is 9.45. The number of aliphatic hydroxyl groups is 1. The number of thiazole rings is 1. The van der Waals surface area contributed by atoms with Crippen LogP contribution in [-0.4, -0.2) is 40.8 Å². The molecular weight excluding hydrogens is 386 g/mol. The van der Waals surface area contributed by atoms with Crippen LogP contribution in [0, 0.1) is 12.8 Å². The highest BCUT2D eigenvalue weighted by Crippen LogP contribution is 2.25. The summed E-state index contributed by atoms with van der Waals surface area (Å²) < 4.78 is 1.06. The number of fused-ring (bicyclic) bond motifs is 1. The van der Waals surface area contributed by atoms with Crippen molar-refractivity contribution in [2.24, 2.45) is 5.92 Å². The summed E-state index contributed by atoms with van der Waals surface area (Å²) in [6.45, 7) is 4.49. The Morgan fingerprint density at radius 3 is 2.83 bits per heavy atom. The van der Waals surface area contributed by atoms with Crippen molar-refractivity contribution >= 4 is 39.1 Å². The maximum Gasteiger partial charge on any atom is 0.319 e. The van der Waals surface area contributed by atoms with Gasteiger partial charge in [-0.15, -0.1) is 11.3 Å². The number of carbonyl (C=O) groups excluding carboxylic acids is 1. The van der Waals surface area contributed by atoms with Crippen LogP contribution in [0.3, 0.4) is 0 Å². The molecule has 0 atom stereocenters. The molecule has 2 amide bonds. The Hall–Kier alpha value is -2.71. The minimum absolute atomic E-state index is 0.249. The van der Waals surface area contributed by atoms with E-state index in [9.17, 15) is 9.90 Å². The van der Waals surface area contributed by atoms with Crippen LogP contribution in [0.2, 0.25) is 0 Å². The number of nitrogens with zero attached hydrogens (tertiary/aromatic N) is 3. The summed E-state index contributed by atoms with van der Waals surface area (Å²) in [5.74, 6) is 1.36. The van der Waals surface area contributed by atoms with Crippen molar-refractivity contribution in [3.05, 3.63) is 47.1 Å². The molecule has 0 aliphatic carbocycles. The van der Waals surface area contributed by atoms with Crippen LogP contribution in [0.1, 0.15) is 23.4 Å². The molecule has 3 heterocycles. The third kappa shape index (κ3) is 4.83. The number of hydrogen-bond donors (Lipinski definition) is 3. The first-order valence-corrected chi connectivity index (χ1v) is 10.6. The zero-order valence-electron chi connectivity index (χ0n) is 16.4. The van der Waals surface area contributed by atoms with E-state index in [0.29, 0.717) is 12.5 Å². The molecule has 2 aromatic heterocycles. The fraction of sp³-hybridized carbons (Fsp3) is 0.381. The van der Waals surface area contributed by atoms with Gasteiger partial charge in [-0.2, -0.15) is 0 Å². The van der Waals surface area contributed by atoms with Gasteiger partial charge in [0, 0.05) is 38.1 Å². The highest BCUT2D eigenvalue weighted by atomic mass is 32.1. The topological polar surface area (TPSA) is 90.4 Å². The number of aromatic nitrogens is 2. The lowest BCUT2D eigenvalue weighted by Crippen LogP contribution is -2.35. The van der Waals surface area contributed by atoms with Crippen molar-refractivity contribution in [3.8, 4) is 0 Å². The molecule has 29 heavy (non-hydrogen) atoms. The van der Waals surface area contributed by atoms with E-state index >= 15 is 0 Å². The molecule has 152 valence electrons. The van der Waals surface area contributed by atoms with Crippen molar-refractivity contribution in [3.63, 3.8) is 0 Å². The molecule has 0 saturated carbocycles. The normalized spacial score (nSPS) is 14.9. The van der Waals surface area contributed by atoms with Crippen LogP contribution in [0.5, 0.6) is 0 Å². The van der Waals surface area contributed by atoms with E-state index in [1.165, 1.54) is 0 Å². The molecule has 0 unspecified atom stereocenters. The van der Waals surface area contributed by atoms with Gasteiger partial charge in [0.15, 0.2) is 0 Å². The molecule has 3 aromatic rings. The molecule has 3 N–H and O–H groups in total. The largest absolute Gasteiger partial charge is 0.396 e. The number of rotatable bonds is 5. The summed E-state index contributed by atoms with van der Waals surface area (Å²) in [5.41, 5.74) is 2.64. The standard InChI is InChI=1S/C21H25N5O2S/c1-14-24-18-4-3-17(10-19(18)29-14)25-21(28)23-12-16-2-5-20(22-11-16)26-8-6-15(13-27)7-9-26/h2-5,10-11,15,27H,6-9,12-13H2,1H3,(H2,23,25,28). The van der Waals surface area contributed by atoms with E-state index in [1.54, 1.807) is 17.5 Å². The number of carbonyl (C=O) groups is 1. The van der Waals surface area contributed by atoms with Crippen LogP contribution in [0.15, 0.2) is 36.5 Å². The maximum atomic E-state index is 12.2. The Morgan fingerprint density at radius 2 is 2.10 bits per heavy atom. The van der Waals surface area contributed by atoms with Crippen molar-refractivity contribution in [1.29, 1.82) is 0 Å². The molecule has 0 bridgehead atoms. The second-order valence-electron chi connectivity index (χ2n) is 7.36. The van der Waals surface area contributed by atoms with Gasteiger partial charge in [-0.3, -0.25) is 0 Å². The minimum Gasteiger partial charge on any atom is -0.396 e. The summed E-state index contributed by atoms with van der Waals surface area (Å²) in [4.78, 5) is 23.4. The van der Waals surface area contributed by atoms with Crippen molar-refractivity contribution < 1.29 is 9.90 Å². The lowest BCUT2D eigenvalue weighted by atomic mass is 9.98. The number of nitrogens with one attached hydrogen (secondary N) is 2. The van der Waals surface area contributed by atoms with Crippen molar-refractivity contribution in [1.82, 2.24) is 15.3 Å². The first-order chi connectivity index (χ1) is 14.1. The predicted octanol–water partition coefficient (Wildman–Crippen LogP) is 3.53. The molecule has 1 saturated heterocycles. The van der Waals surface area contributed by atoms with Crippen LogP contribution in [0.25, 0.3) is 10.2 Å². The zero-order chi connectivity index (χ0) is 20.2. The summed E-state index contributed by atoms with van der Waals surface area (Å²) >= 11 is 1.61. The lowest BCUT2D eigenvalue weighted by molar-refractivity contribution is 0.203. The molecule has 8 heteroatoms. The number of anilines is 2. The molecule has 1 fully saturated rings. The van der Waals surface area contributed by atoms with E-state index in [1.807, 2.05) is 37.3 Å². The number of amides is 2. The first kappa shape index (κ1) is 19.6. The smallest absolute Gasteiger partial charge is 0.319 e. The van der Waals surface area contributed by atoms with Crippen molar-refractivity contribution in [2.75, 3.05) is 29.9 Å². The van der Waals surface area contributed by atoms with Gasteiger partial charge in [-0.1, -0.05) is 6.07 Å². The zero-order valence-corrected chi connectivity index (χ0v) is 17.2. The molecule has 0 spiro atoms. The third-order valence-corrected chi connectivity index (χ3v) is 6.15. The van der Waals surface area contributed by atoms with Crippen LogP contribution >= 0.6 is 11.3 Å². The quantitative estimate of drug-likeness (QED) is 0.598. The monoisotopic (exact) mass is 411 g/mol. The molecule has 1 aromatic carbocycles. The number of pyridine rings is 1. The number of benzene rings is 1. The van der Waals surface area contributed by atoms with Gasteiger partial charge in [-0.05, 0) is 55.5 Å². The minimum atomic E-state index is -0.249. The fourth-order valence-corrected chi connectivity index (χ4v) is 4.39. The number of hydrogen-bond acceptors (Lipinski definition) is 6. The average Bonchev–Trinajstić information content (AvgIpc) is 3.12. The van der Waals surface area contributed by atoms with Crippen LogP contribution in [-0.2, 0) is 6.54 Å². The van der Waals surface area contributed by atoms with E-state index in [-0.39, 0.29) is 12.6 Å². The SMILES string of the molecule is Cc1nc2ccc(NC(=O)NCc3ccc(N4CCC(CO)CC4)nc3)cc2s1. The molecular formula is C21H25N5O2S. The molecule has 1 aliphatic heterocycles. The predicted molar refractivity (Wildman–Crippen MR) is 116 cm³/mol. The number of urea groups is 1. The summed E-state index contributed by atoms with van der Waals surface area (Å²) in [6.07, 6.45) is 3.79. The third-order valence-electron chi connectivity index (χ3n) is 5.21. The highest BCUT2D eigenvalue weighted by Gasteiger charge is 2.19. The molecule has 1 aliphatic rings. The van der Waals surface area contributed by atoms with Crippen molar-refractivity contribution in [2.45, 2.75) is 26.3 Å². The molecule has 4 rings (SSSR count). The van der Waals surface area contributed by atoms with Crippen LogP contribution in [0.4, 0.5) is 16.3 Å². The Balaban J connectivity index is 1.28. The van der Waals surface area contributed by atoms with Gasteiger partial charge in [0.05, 0.1) is 15.2 Å². The van der Waals surface area contributed by atoms with E-state index in [2.05, 4.69) is 25.5 Å².